The third kappa shape index (κ3) is 4.12. The predicted octanol–water partition coefficient (Wildman–Crippen LogP) is 0.949. The zero-order chi connectivity index (χ0) is 16.9. The summed E-state index contributed by atoms with van der Waals surface area (Å²) in [6.45, 7) is 5.48. The monoisotopic (exact) mass is 332 g/mol. The van der Waals surface area contributed by atoms with Gasteiger partial charge < -0.3 is 14.5 Å². The Bertz CT molecular complexity index is 537. The number of carbonyl (C=O) groups excluding carboxylic acids is 1. The maximum Gasteiger partial charge on any atom is 0.253 e. The Morgan fingerprint density at radius 1 is 1.25 bits per heavy atom. The van der Waals surface area contributed by atoms with Crippen LogP contribution in [0.3, 0.4) is 0 Å². The average Bonchev–Trinajstić information content (AvgIpc) is 2.83. The number of ether oxygens (including phenoxy) is 1. The van der Waals surface area contributed by atoms with Crippen molar-refractivity contribution in [2.45, 2.75) is 25.0 Å². The number of hydrogen-bond donors (Lipinski definition) is 0. The highest BCUT2D eigenvalue weighted by atomic mass is 16.5. The Labute approximate surface area is 144 Å². The molecule has 0 bridgehead atoms. The van der Waals surface area contributed by atoms with Crippen molar-refractivity contribution in [2.24, 2.45) is 0 Å². The van der Waals surface area contributed by atoms with Crippen LogP contribution in [-0.4, -0.2) is 91.2 Å². The van der Waals surface area contributed by atoms with E-state index < -0.39 is 0 Å². The number of likely N-dealkylation sites (N-methyl/N-ethyl adjacent to an activating group) is 1. The second-order valence-corrected chi connectivity index (χ2v) is 6.92. The number of aromatic nitrogens is 1. The largest absolute Gasteiger partial charge is 0.375 e. The summed E-state index contributed by atoms with van der Waals surface area (Å²) in [5.74, 6) is 0.107. The predicted molar refractivity (Wildman–Crippen MR) is 93.0 cm³/mol. The van der Waals surface area contributed by atoms with Crippen molar-refractivity contribution in [3.05, 3.63) is 30.1 Å². The fraction of sp³-hybridized carbons (Fsp3) is 0.667. The van der Waals surface area contributed by atoms with Crippen LogP contribution in [0.1, 0.15) is 23.2 Å². The van der Waals surface area contributed by atoms with Crippen molar-refractivity contribution in [2.75, 3.05) is 53.4 Å². The Morgan fingerprint density at radius 3 is 2.75 bits per heavy atom. The number of hydrogen-bond acceptors (Lipinski definition) is 5. The highest BCUT2D eigenvalue weighted by Crippen LogP contribution is 2.24. The highest BCUT2D eigenvalue weighted by Gasteiger charge is 2.35. The highest BCUT2D eigenvalue weighted by molar-refractivity contribution is 5.94. The van der Waals surface area contributed by atoms with Crippen LogP contribution in [0.5, 0.6) is 0 Å². The number of nitrogens with zero attached hydrogens (tertiary/aromatic N) is 4. The number of fused-ring (bicyclic) bond motifs is 1. The molecule has 0 aromatic carbocycles. The number of carbonyl (C=O) groups is 1. The quantitative estimate of drug-likeness (QED) is 0.822. The lowest BCUT2D eigenvalue weighted by Gasteiger charge is -2.40. The molecule has 6 heteroatoms. The van der Waals surface area contributed by atoms with Crippen LogP contribution in [0.15, 0.2) is 24.5 Å². The molecule has 2 atom stereocenters. The summed E-state index contributed by atoms with van der Waals surface area (Å²) in [4.78, 5) is 23.4. The van der Waals surface area contributed by atoms with Gasteiger partial charge >= 0.3 is 0 Å². The summed E-state index contributed by atoms with van der Waals surface area (Å²) < 4.78 is 6.03. The van der Waals surface area contributed by atoms with E-state index in [1.165, 1.54) is 0 Å². The molecule has 3 rings (SSSR count). The van der Waals surface area contributed by atoms with Gasteiger partial charge in [-0.1, -0.05) is 0 Å². The van der Waals surface area contributed by atoms with Crippen molar-refractivity contribution in [1.29, 1.82) is 0 Å². The van der Waals surface area contributed by atoms with Crippen molar-refractivity contribution in [1.82, 2.24) is 19.7 Å². The molecule has 0 aliphatic carbocycles. The first-order valence-corrected chi connectivity index (χ1v) is 8.85. The molecule has 24 heavy (non-hydrogen) atoms. The summed E-state index contributed by atoms with van der Waals surface area (Å²) in [5, 5.41) is 0. The van der Waals surface area contributed by atoms with Gasteiger partial charge in [0.05, 0.1) is 12.7 Å². The van der Waals surface area contributed by atoms with Crippen LogP contribution in [0, 0.1) is 0 Å². The molecule has 1 amide bonds. The number of pyridine rings is 1. The summed E-state index contributed by atoms with van der Waals surface area (Å²) in [6, 6.07) is 4.01. The van der Waals surface area contributed by atoms with Crippen molar-refractivity contribution in [3.63, 3.8) is 0 Å². The molecule has 1 aromatic rings. The van der Waals surface area contributed by atoms with Crippen LogP contribution >= 0.6 is 0 Å². The van der Waals surface area contributed by atoms with E-state index in [-0.39, 0.29) is 12.0 Å². The van der Waals surface area contributed by atoms with E-state index in [1.54, 1.807) is 24.5 Å². The van der Waals surface area contributed by atoms with E-state index >= 15 is 0 Å². The van der Waals surface area contributed by atoms with Crippen LogP contribution in [0.4, 0.5) is 0 Å². The number of amides is 1. The minimum absolute atomic E-state index is 0.107. The average molecular weight is 332 g/mol. The van der Waals surface area contributed by atoms with Gasteiger partial charge in [-0.15, -0.1) is 0 Å². The molecule has 1 aromatic heterocycles. The Morgan fingerprint density at radius 2 is 2.00 bits per heavy atom. The summed E-state index contributed by atoms with van der Waals surface area (Å²) in [5.41, 5.74) is 0.722. The standard InChI is InChI=1S/C18H28N4O2/c1-20(2)11-12-21-13-14-24-17-6-10-22(9-5-16(17)21)18(23)15-3-7-19-8-4-15/h3-4,7-8,16-17H,5-6,9-14H2,1-2H3/t16-,17-/m1/s1. The van der Waals surface area contributed by atoms with Crippen molar-refractivity contribution >= 4 is 5.91 Å². The van der Waals surface area contributed by atoms with E-state index in [9.17, 15) is 4.79 Å². The second kappa shape index (κ2) is 8.05. The van der Waals surface area contributed by atoms with E-state index in [0.717, 1.165) is 57.7 Å². The molecule has 2 saturated heterocycles. The minimum Gasteiger partial charge on any atom is -0.375 e. The molecule has 0 unspecified atom stereocenters. The van der Waals surface area contributed by atoms with Crippen molar-refractivity contribution in [3.8, 4) is 0 Å². The van der Waals surface area contributed by atoms with E-state index in [2.05, 4.69) is 28.9 Å². The first-order valence-electron chi connectivity index (χ1n) is 8.85. The lowest BCUT2D eigenvalue weighted by Crippen LogP contribution is -2.52. The smallest absolute Gasteiger partial charge is 0.253 e. The molecular weight excluding hydrogens is 304 g/mol. The van der Waals surface area contributed by atoms with Gasteiger partial charge in [-0.2, -0.15) is 0 Å². The van der Waals surface area contributed by atoms with Gasteiger partial charge in [-0.3, -0.25) is 14.7 Å². The molecule has 2 fully saturated rings. The fourth-order valence-electron chi connectivity index (χ4n) is 3.65. The van der Waals surface area contributed by atoms with Gasteiger partial charge in [0.2, 0.25) is 0 Å². The Kier molecular flexibility index (Phi) is 5.81. The van der Waals surface area contributed by atoms with Crippen LogP contribution in [0.25, 0.3) is 0 Å². The Hall–Kier alpha value is -1.50. The first-order chi connectivity index (χ1) is 11.6. The van der Waals surface area contributed by atoms with E-state index in [1.807, 2.05) is 4.90 Å². The summed E-state index contributed by atoms with van der Waals surface area (Å²) in [6.07, 6.45) is 5.50. The molecule has 0 N–H and O–H groups in total. The third-order valence-electron chi connectivity index (χ3n) is 5.04. The number of rotatable bonds is 4. The fourth-order valence-corrected chi connectivity index (χ4v) is 3.65. The van der Waals surface area contributed by atoms with Crippen molar-refractivity contribution < 1.29 is 9.53 Å². The van der Waals surface area contributed by atoms with E-state index in [4.69, 9.17) is 4.74 Å². The molecule has 0 spiro atoms. The molecular formula is C18H28N4O2. The van der Waals surface area contributed by atoms with Gasteiger partial charge in [0.1, 0.15) is 0 Å². The molecule has 6 nitrogen and oxygen atoms in total. The van der Waals surface area contributed by atoms with Crippen LogP contribution in [-0.2, 0) is 4.74 Å². The molecule has 132 valence electrons. The zero-order valence-corrected chi connectivity index (χ0v) is 14.7. The molecule has 0 saturated carbocycles. The number of likely N-dealkylation sites (tertiary alicyclic amines) is 1. The first kappa shape index (κ1) is 17.3. The molecule has 0 radical (unpaired) electrons. The van der Waals surface area contributed by atoms with Crippen LogP contribution in [0.2, 0.25) is 0 Å². The van der Waals surface area contributed by atoms with E-state index in [0.29, 0.717) is 6.04 Å². The lowest BCUT2D eigenvalue weighted by molar-refractivity contribution is -0.0724. The molecule has 3 heterocycles. The summed E-state index contributed by atoms with van der Waals surface area (Å²) >= 11 is 0. The SMILES string of the molecule is CN(C)CCN1CCO[C@@H]2CCN(C(=O)c3ccncc3)CC[C@H]21. The van der Waals surface area contributed by atoms with Gasteiger partial charge in [-0.05, 0) is 39.1 Å². The second-order valence-electron chi connectivity index (χ2n) is 6.92. The minimum atomic E-state index is 0.107. The number of morpholine rings is 1. The normalized spacial score (nSPS) is 25.4. The topological polar surface area (TPSA) is 48.9 Å². The lowest BCUT2D eigenvalue weighted by atomic mass is 10.0. The molecule has 2 aliphatic heterocycles. The van der Waals surface area contributed by atoms with Gasteiger partial charge in [0, 0.05) is 56.7 Å². The third-order valence-corrected chi connectivity index (χ3v) is 5.04. The summed E-state index contributed by atoms with van der Waals surface area (Å²) in [7, 11) is 4.22. The maximum atomic E-state index is 12.7. The van der Waals surface area contributed by atoms with Gasteiger partial charge in [-0.25, -0.2) is 0 Å². The van der Waals surface area contributed by atoms with Gasteiger partial charge in [0.25, 0.3) is 5.91 Å². The van der Waals surface area contributed by atoms with Gasteiger partial charge in [0.15, 0.2) is 0 Å². The molecule has 2 aliphatic rings. The maximum absolute atomic E-state index is 12.7. The zero-order valence-electron chi connectivity index (χ0n) is 14.7. The Balaban J connectivity index is 1.64. The van der Waals surface area contributed by atoms with Crippen LogP contribution < -0.4 is 0 Å².